The Morgan fingerprint density at radius 2 is 2.10 bits per heavy atom. The lowest BCUT2D eigenvalue weighted by Crippen LogP contribution is -2.37. The second-order valence-electron chi connectivity index (χ2n) is 4.94. The van der Waals surface area contributed by atoms with Gasteiger partial charge < -0.3 is 9.15 Å². The maximum Gasteiger partial charge on any atom is 0.143 e. The quantitative estimate of drug-likeness (QED) is 0.785. The Labute approximate surface area is 132 Å². The lowest BCUT2D eigenvalue weighted by atomic mass is 10.1. The third kappa shape index (κ3) is 3.24. The van der Waals surface area contributed by atoms with E-state index in [0.29, 0.717) is 19.7 Å². The molecular weight excluding hydrogens is 316 g/mol. The highest BCUT2D eigenvalue weighted by Gasteiger charge is 2.24. The summed E-state index contributed by atoms with van der Waals surface area (Å²) in [6.45, 7) is 2.68. The lowest BCUT2D eigenvalue weighted by molar-refractivity contribution is -0.0427. The second kappa shape index (κ2) is 6.36. The zero-order valence-electron chi connectivity index (χ0n) is 11.2. The number of morpholine rings is 1. The SMILES string of the molecule is Fc1ccc(CN2CCOC(c3ccco3)C2)c(Cl)c1Cl. The molecule has 1 aromatic heterocycles. The number of hydrogen-bond donors (Lipinski definition) is 0. The van der Waals surface area contributed by atoms with Gasteiger partial charge in [0.2, 0.25) is 0 Å². The molecule has 0 bridgehead atoms. The van der Waals surface area contributed by atoms with Crippen molar-refractivity contribution in [2.75, 3.05) is 19.7 Å². The van der Waals surface area contributed by atoms with Crippen molar-refractivity contribution < 1.29 is 13.5 Å². The molecule has 1 aliphatic rings. The number of nitrogens with zero attached hydrogens (tertiary/aromatic N) is 1. The van der Waals surface area contributed by atoms with Crippen LogP contribution in [0.4, 0.5) is 4.39 Å². The van der Waals surface area contributed by atoms with Crippen LogP contribution in [0.25, 0.3) is 0 Å². The number of halogens is 3. The standard InChI is InChI=1S/C15H14Cl2FNO2/c16-14-10(3-4-11(18)15(14)17)8-19-5-7-21-13(9-19)12-2-1-6-20-12/h1-4,6,13H,5,7-9H2. The van der Waals surface area contributed by atoms with Crippen LogP contribution >= 0.6 is 23.2 Å². The Kier molecular flexibility index (Phi) is 4.50. The van der Waals surface area contributed by atoms with Gasteiger partial charge in [0.15, 0.2) is 0 Å². The van der Waals surface area contributed by atoms with Crippen LogP contribution in [0, 0.1) is 5.82 Å². The predicted octanol–water partition coefficient (Wildman–Crippen LogP) is 4.30. The molecule has 112 valence electrons. The minimum absolute atomic E-state index is 0.0231. The average Bonchev–Trinajstić information content (AvgIpc) is 3.03. The lowest BCUT2D eigenvalue weighted by Gasteiger charge is -2.32. The molecule has 1 atom stereocenters. The Balaban J connectivity index is 1.72. The number of ether oxygens (including phenoxy) is 1. The zero-order chi connectivity index (χ0) is 14.8. The van der Waals surface area contributed by atoms with Crippen molar-refractivity contribution in [1.82, 2.24) is 4.90 Å². The van der Waals surface area contributed by atoms with Gasteiger partial charge in [0.25, 0.3) is 0 Å². The van der Waals surface area contributed by atoms with Crippen molar-refractivity contribution in [3.05, 3.63) is 57.7 Å². The highest BCUT2D eigenvalue weighted by molar-refractivity contribution is 6.42. The molecule has 3 rings (SSSR count). The van der Waals surface area contributed by atoms with E-state index in [-0.39, 0.29) is 16.1 Å². The Morgan fingerprint density at radius 1 is 1.24 bits per heavy atom. The molecule has 2 heterocycles. The molecule has 0 amide bonds. The van der Waals surface area contributed by atoms with Gasteiger partial charge >= 0.3 is 0 Å². The second-order valence-corrected chi connectivity index (χ2v) is 5.70. The summed E-state index contributed by atoms with van der Waals surface area (Å²) in [6, 6.07) is 6.75. The van der Waals surface area contributed by atoms with Gasteiger partial charge in [-0.25, -0.2) is 4.39 Å². The van der Waals surface area contributed by atoms with E-state index in [2.05, 4.69) is 4.90 Å². The molecule has 2 aromatic rings. The Bertz CT molecular complexity index is 618. The van der Waals surface area contributed by atoms with E-state index in [1.807, 2.05) is 12.1 Å². The molecule has 0 aliphatic carbocycles. The maximum absolute atomic E-state index is 13.3. The normalized spacial score (nSPS) is 19.9. The van der Waals surface area contributed by atoms with Gasteiger partial charge in [0, 0.05) is 19.6 Å². The van der Waals surface area contributed by atoms with Gasteiger partial charge in [-0.05, 0) is 23.8 Å². The first-order valence-electron chi connectivity index (χ1n) is 6.65. The molecule has 0 N–H and O–H groups in total. The molecule has 1 unspecified atom stereocenters. The molecule has 3 nitrogen and oxygen atoms in total. The number of benzene rings is 1. The fraction of sp³-hybridized carbons (Fsp3) is 0.333. The van der Waals surface area contributed by atoms with Crippen molar-refractivity contribution in [1.29, 1.82) is 0 Å². The summed E-state index contributed by atoms with van der Waals surface area (Å²) in [4.78, 5) is 2.19. The third-order valence-corrected chi connectivity index (χ3v) is 4.42. The van der Waals surface area contributed by atoms with E-state index in [0.717, 1.165) is 17.9 Å². The highest BCUT2D eigenvalue weighted by atomic mass is 35.5. The largest absolute Gasteiger partial charge is 0.467 e. The van der Waals surface area contributed by atoms with Crippen molar-refractivity contribution >= 4 is 23.2 Å². The minimum atomic E-state index is -0.499. The first-order valence-corrected chi connectivity index (χ1v) is 7.40. The van der Waals surface area contributed by atoms with Crippen LogP contribution in [0.1, 0.15) is 17.4 Å². The van der Waals surface area contributed by atoms with Crippen LogP contribution in [-0.4, -0.2) is 24.6 Å². The summed E-state index contributed by atoms with van der Waals surface area (Å²) in [5.74, 6) is 0.309. The summed E-state index contributed by atoms with van der Waals surface area (Å²) < 4.78 is 24.4. The average molecular weight is 330 g/mol. The number of hydrogen-bond acceptors (Lipinski definition) is 3. The van der Waals surface area contributed by atoms with E-state index in [4.69, 9.17) is 32.4 Å². The molecular formula is C15H14Cl2FNO2. The van der Waals surface area contributed by atoms with E-state index in [1.54, 1.807) is 12.3 Å². The van der Waals surface area contributed by atoms with E-state index >= 15 is 0 Å². The molecule has 0 spiro atoms. The van der Waals surface area contributed by atoms with Crippen LogP contribution in [0.2, 0.25) is 10.0 Å². The van der Waals surface area contributed by atoms with Crippen LogP contribution in [0.15, 0.2) is 34.9 Å². The molecule has 21 heavy (non-hydrogen) atoms. The summed E-state index contributed by atoms with van der Waals surface area (Å²) in [5, 5.41) is 0.253. The van der Waals surface area contributed by atoms with Gasteiger partial charge in [0.05, 0.1) is 22.9 Å². The molecule has 1 saturated heterocycles. The van der Waals surface area contributed by atoms with Gasteiger partial charge in [-0.3, -0.25) is 4.90 Å². The van der Waals surface area contributed by atoms with Gasteiger partial charge in [0.1, 0.15) is 17.7 Å². The van der Waals surface area contributed by atoms with Gasteiger partial charge in [-0.1, -0.05) is 29.3 Å². The number of furan rings is 1. The van der Waals surface area contributed by atoms with Crippen molar-refractivity contribution in [3.8, 4) is 0 Å². The van der Waals surface area contributed by atoms with Crippen molar-refractivity contribution in [2.45, 2.75) is 12.6 Å². The van der Waals surface area contributed by atoms with Gasteiger partial charge in [-0.15, -0.1) is 0 Å². The molecule has 0 radical (unpaired) electrons. The highest BCUT2D eigenvalue weighted by Crippen LogP contribution is 2.30. The van der Waals surface area contributed by atoms with Crippen molar-refractivity contribution in [3.63, 3.8) is 0 Å². The minimum Gasteiger partial charge on any atom is -0.467 e. The van der Waals surface area contributed by atoms with Crippen LogP contribution < -0.4 is 0 Å². The Morgan fingerprint density at radius 3 is 2.86 bits per heavy atom. The summed E-state index contributed by atoms with van der Waals surface area (Å²) in [5.41, 5.74) is 0.808. The fourth-order valence-electron chi connectivity index (χ4n) is 2.42. The molecule has 1 aliphatic heterocycles. The van der Waals surface area contributed by atoms with E-state index in [1.165, 1.54) is 6.07 Å². The van der Waals surface area contributed by atoms with Crippen LogP contribution in [0.3, 0.4) is 0 Å². The first-order chi connectivity index (χ1) is 10.1. The van der Waals surface area contributed by atoms with E-state index < -0.39 is 5.82 Å². The molecule has 0 saturated carbocycles. The zero-order valence-corrected chi connectivity index (χ0v) is 12.7. The monoisotopic (exact) mass is 329 g/mol. The van der Waals surface area contributed by atoms with Gasteiger partial charge in [-0.2, -0.15) is 0 Å². The topological polar surface area (TPSA) is 25.6 Å². The fourth-order valence-corrected chi connectivity index (χ4v) is 2.82. The van der Waals surface area contributed by atoms with E-state index in [9.17, 15) is 4.39 Å². The third-order valence-electron chi connectivity index (χ3n) is 3.52. The molecule has 1 aromatic carbocycles. The predicted molar refractivity (Wildman–Crippen MR) is 79.1 cm³/mol. The Hall–Kier alpha value is -1.07. The summed E-state index contributed by atoms with van der Waals surface area (Å²) in [7, 11) is 0. The van der Waals surface area contributed by atoms with Crippen LogP contribution in [-0.2, 0) is 11.3 Å². The molecule has 1 fully saturated rings. The first kappa shape index (κ1) is 14.9. The maximum atomic E-state index is 13.3. The van der Waals surface area contributed by atoms with Crippen molar-refractivity contribution in [2.24, 2.45) is 0 Å². The summed E-state index contributed by atoms with van der Waals surface area (Å²) >= 11 is 12.0. The smallest absolute Gasteiger partial charge is 0.143 e. The number of rotatable bonds is 3. The summed E-state index contributed by atoms with van der Waals surface area (Å²) in [6.07, 6.45) is 1.54. The molecule has 6 heteroatoms. The van der Waals surface area contributed by atoms with Crippen LogP contribution in [0.5, 0.6) is 0 Å².